The van der Waals surface area contributed by atoms with Crippen molar-refractivity contribution >= 4 is 25.7 Å². The largest absolute Gasteiger partial charge is 0.480 e. The van der Waals surface area contributed by atoms with E-state index in [1.807, 2.05) is 0 Å². The van der Waals surface area contributed by atoms with Gasteiger partial charge in [-0.05, 0) is 57.8 Å². The smallest absolute Gasteiger partial charge is 0.472 e. The molecule has 0 rings (SSSR count). The number of aliphatic carboxylic acids is 1. The van der Waals surface area contributed by atoms with E-state index >= 15 is 0 Å². The van der Waals surface area contributed by atoms with E-state index in [1.54, 1.807) is 0 Å². The zero-order valence-electron chi connectivity index (χ0n) is 37.0. The molecule has 0 radical (unpaired) electrons. The minimum absolute atomic E-state index is 0.107. The molecule has 0 fully saturated rings. The lowest BCUT2D eigenvalue weighted by Crippen LogP contribution is -2.43. The standard InChI is InChI=1S/C47H84NO10P/c1-3-5-7-9-11-13-15-17-19-21-22-23-24-26-28-30-32-34-36-38-45(50)48-44(47(52)53)42-58-59(54,55)57-41-43(49)40-56-46(51)39-37-35-33-31-29-27-25-20-18-16-14-12-10-8-6-4-2/h11,13,17,19,22-23,26,28,43-44,49H,3-10,12,14-16,18,20-21,24-25,27,29-42H2,1-2H3,(H,48,50)(H,52,53)(H,54,55)/b13-11-,19-17-,23-22-,28-26-. The lowest BCUT2D eigenvalue weighted by molar-refractivity contribution is -0.147. The van der Waals surface area contributed by atoms with E-state index in [1.165, 1.54) is 103 Å². The maximum absolute atomic E-state index is 12.3. The molecular weight excluding hydrogens is 769 g/mol. The Morgan fingerprint density at radius 3 is 1.42 bits per heavy atom. The van der Waals surface area contributed by atoms with Crippen molar-refractivity contribution in [1.82, 2.24) is 5.32 Å². The lowest BCUT2D eigenvalue weighted by atomic mass is 10.0. The van der Waals surface area contributed by atoms with Crippen LogP contribution in [0.25, 0.3) is 0 Å². The second kappa shape index (κ2) is 42.1. The molecule has 4 N–H and O–H groups in total. The highest BCUT2D eigenvalue weighted by molar-refractivity contribution is 7.47. The summed E-state index contributed by atoms with van der Waals surface area (Å²) in [6.07, 6.45) is 47.0. The number of carbonyl (C=O) groups excluding carboxylic acids is 2. The van der Waals surface area contributed by atoms with Gasteiger partial charge >= 0.3 is 19.8 Å². The second-order valence-electron chi connectivity index (χ2n) is 15.6. The Kier molecular flexibility index (Phi) is 40.3. The SMILES string of the molecule is CCCCC/C=C\C/C=C\C/C=C\C/C=C\CCCCCC(=O)NC(COP(=O)(O)OCC(O)COC(=O)CCCCCCCCCCCCCCCCCC)C(=O)O. The van der Waals surface area contributed by atoms with E-state index in [0.29, 0.717) is 12.8 Å². The zero-order chi connectivity index (χ0) is 43.5. The molecule has 0 saturated heterocycles. The number of hydrogen-bond donors (Lipinski definition) is 4. The molecular formula is C47H84NO10P. The van der Waals surface area contributed by atoms with Crippen LogP contribution >= 0.6 is 7.82 Å². The second-order valence-corrected chi connectivity index (χ2v) is 17.0. The molecule has 3 atom stereocenters. The number of unbranched alkanes of at least 4 members (excludes halogenated alkanes) is 21. The predicted octanol–water partition coefficient (Wildman–Crippen LogP) is 12.2. The summed E-state index contributed by atoms with van der Waals surface area (Å²) in [4.78, 5) is 46.0. The highest BCUT2D eigenvalue weighted by Gasteiger charge is 2.28. The number of phosphoric ester groups is 1. The third-order valence-corrected chi connectivity index (χ3v) is 10.8. The Morgan fingerprint density at radius 2 is 0.932 bits per heavy atom. The highest BCUT2D eigenvalue weighted by atomic mass is 31.2. The fraction of sp³-hybridized carbons (Fsp3) is 0.766. The first-order valence-electron chi connectivity index (χ1n) is 23.2. The van der Waals surface area contributed by atoms with Crippen LogP contribution in [0, 0.1) is 0 Å². The van der Waals surface area contributed by atoms with Crippen molar-refractivity contribution in [3.8, 4) is 0 Å². The van der Waals surface area contributed by atoms with Gasteiger partial charge < -0.3 is 25.2 Å². The van der Waals surface area contributed by atoms with Gasteiger partial charge in [-0.25, -0.2) is 9.36 Å². The molecule has 0 aliphatic carbocycles. The molecule has 0 spiro atoms. The van der Waals surface area contributed by atoms with Crippen molar-refractivity contribution in [2.24, 2.45) is 0 Å². The monoisotopic (exact) mass is 854 g/mol. The van der Waals surface area contributed by atoms with Crippen LogP contribution < -0.4 is 5.32 Å². The first kappa shape index (κ1) is 56.4. The molecule has 342 valence electrons. The summed E-state index contributed by atoms with van der Waals surface area (Å²) in [6, 6.07) is -1.56. The summed E-state index contributed by atoms with van der Waals surface area (Å²) < 4.78 is 26.9. The first-order valence-corrected chi connectivity index (χ1v) is 24.7. The number of allylic oxidation sites excluding steroid dienone is 8. The summed E-state index contributed by atoms with van der Waals surface area (Å²) in [6.45, 7) is 2.56. The normalized spacial score (nSPS) is 14.1. The van der Waals surface area contributed by atoms with Gasteiger partial charge in [0.1, 0.15) is 12.7 Å². The summed E-state index contributed by atoms with van der Waals surface area (Å²) in [5.41, 5.74) is 0. The molecule has 59 heavy (non-hydrogen) atoms. The summed E-state index contributed by atoms with van der Waals surface area (Å²) in [7, 11) is -4.77. The van der Waals surface area contributed by atoms with Gasteiger partial charge in [0.2, 0.25) is 5.91 Å². The van der Waals surface area contributed by atoms with Gasteiger partial charge in [0.15, 0.2) is 6.04 Å². The number of aliphatic hydroxyl groups excluding tert-OH is 1. The van der Waals surface area contributed by atoms with Crippen LogP contribution in [0.15, 0.2) is 48.6 Å². The Bertz CT molecular complexity index is 1190. The van der Waals surface area contributed by atoms with Crippen LogP contribution in [0.5, 0.6) is 0 Å². The summed E-state index contributed by atoms with van der Waals surface area (Å²) >= 11 is 0. The van der Waals surface area contributed by atoms with Gasteiger partial charge in [-0.15, -0.1) is 0 Å². The van der Waals surface area contributed by atoms with Crippen LogP contribution in [0.1, 0.15) is 200 Å². The minimum atomic E-state index is -4.77. The number of carboxylic acid groups (broad SMARTS) is 1. The number of phosphoric acid groups is 1. The molecule has 0 heterocycles. The topological polar surface area (TPSA) is 169 Å². The van der Waals surface area contributed by atoms with Gasteiger partial charge in [0.25, 0.3) is 0 Å². The molecule has 0 aromatic carbocycles. The maximum atomic E-state index is 12.3. The Balaban J connectivity index is 3.94. The van der Waals surface area contributed by atoms with Gasteiger partial charge in [-0.1, -0.05) is 178 Å². The molecule has 0 aliphatic rings. The van der Waals surface area contributed by atoms with E-state index in [-0.39, 0.29) is 12.8 Å². The highest BCUT2D eigenvalue weighted by Crippen LogP contribution is 2.43. The quantitative estimate of drug-likeness (QED) is 0.0200. The van der Waals surface area contributed by atoms with Crippen molar-refractivity contribution < 1.29 is 47.8 Å². The fourth-order valence-corrected chi connectivity index (χ4v) is 7.01. The summed E-state index contributed by atoms with van der Waals surface area (Å²) in [5.74, 6) is -2.41. The molecule has 1 amide bonds. The number of esters is 1. The molecule has 0 bridgehead atoms. The number of ether oxygens (including phenoxy) is 1. The van der Waals surface area contributed by atoms with Gasteiger partial charge in [0.05, 0.1) is 13.2 Å². The number of carbonyl (C=O) groups is 3. The third kappa shape index (κ3) is 41.9. The number of carboxylic acids is 1. The maximum Gasteiger partial charge on any atom is 0.472 e. The van der Waals surface area contributed by atoms with Crippen LogP contribution in [0.3, 0.4) is 0 Å². The third-order valence-electron chi connectivity index (χ3n) is 9.87. The molecule has 0 aliphatic heterocycles. The number of rotatable bonds is 43. The molecule has 3 unspecified atom stereocenters. The van der Waals surface area contributed by atoms with E-state index in [0.717, 1.165) is 57.8 Å². The fourth-order valence-electron chi connectivity index (χ4n) is 6.24. The van der Waals surface area contributed by atoms with E-state index in [2.05, 4.69) is 67.8 Å². The van der Waals surface area contributed by atoms with Crippen molar-refractivity contribution in [1.29, 1.82) is 0 Å². The van der Waals surface area contributed by atoms with Gasteiger partial charge in [-0.2, -0.15) is 0 Å². The van der Waals surface area contributed by atoms with E-state index in [4.69, 9.17) is 13.8 Å². The minimum Gasteiger partial charge on any atom is -0.480 e. The summed E-state index contributed by atoms with van der Waals surface area (Å²) in [5, 5.41) is 21.8. The molecule has 0 aromatic heterocycles. The number of aliphatic hydroxyl groups is 1. The van der Waals surface area contributed by atoms with E-state index < -0.39 is 57.6 Å². The molecule has 12 heteroatoms. The zero-order valence-corrected chi connectivity index (χ0v) is 37.9. The van der Waals surface area contributed by atoms with E-state index in [9.17, 15) is 34.1 Å². The Labute approximate surface area is 358 Å². The van der Waals surface area contributed by atoms with Gasteiger partial charge in [-0.3, -0.25) is 18.6 Å². The van der Waals surface area contributed by atoms with Crippen LogP contribution in [-0.4, -0.2) is 64.9 Å². The number of nitrogens with one attached hydrogen (secondary N) is 1. The van der Waals surface area contributed by atoms with Crippen LogP contribution in [0.2, 0.25) is 0 Å². The molecule has 0 saturated carbocycles. The predicted molar refractivity (Wildman–Crippen MR) is 240 cm³/mol. The van der Waals surface area contributed by atoms with Crippen molar-refractivity contribution in [3.63, 3.8) is 0 Å². The average molecular weight is 854 g/mol. The van der Waals surface area contributed by atoms with Crippen molar-refractivity contribution in [2.75, 3.05) is 19.8 Å². The van der Waals surface area contributed by atoms with Crippen LogP contribution in [-0.2, 0) is 32.7 Å². The first-order chi connectivity index (χ1) is 28.6. The van der Waals surface area contributed by atoms with Crippen molar-refractivity contribution in [2.45, 2.75) is 212 Å². The number of hydrogen-bond acceptors (Lipinski definition) is 8. The molecule has 11 nitrogen and oxygen atoms in total. The average Bonchev–Trinajstić information content (AvgIpc) is 3.21. The Hall–Kier alpha value is -2.56. The van der Waals surface area contributed by atoms with Gasteiger partial charge in [0, 0.05) is 12.8 Å². The lowest BCUT2D eigenvalue weighted by Gasteiger charge is -2.18. The van der Waals surface area contributed by atoms with Crippen molar-refractivity contribution in [3.05, 3.63) is 48.6 Å². The number of amides is 1. The van der Waals surface area contributed by atoms with Crippen LogP contribution in [0.4, 0.5) is 0 Å². The Morgan fingerprint density at radius 1 is 0.542 bits per heavy atom. The molecule has 0 aromatic rings.